The highest BCUT2D eigenvalue weighted by molar-refractivity contribution is 5.95. The number of nitrogens with zero attached hydrogens (tertiary/aromatic N) is 3. The number of anilines is 1. The van der Waals surface area contributed by atoms with Crippen molar-refractivity contribution in [2.75, 3.05) is 11.9 Å². The molecule has 9 nitrogen and oxygen atoms in total. The van der Waals surface area contributed by atoms with Gasteiger partial charge in [-0.15, -0.1) is 0 Å². The Kier molecular flexibility index (Phi) is 7.43. The van der Waals surface area contributed by atoms with Gasteiger partial charge in [-0.1, -0.05) is 36.4 Å². The Hall–Kier alpha value is -4.88. The maximum Gasteiger partial charge on any atom is 0.311 e. The Morgan fingerprint density at radius 1 is 1.23 bits per heavy atom. The van der Waals surface area contributed by atoms with Crippen LogP contribution >= 0.6 is 0 Å². The quantitative estimate of drug-likeness (QED) is 0.0971. The zero-order valence-electron chi connectivity index (χ0n) is 21.6. The van der Waals surface area contributed by atoms with E-state index in [1.54, 1.807) is 0 Å². The largest absolute Gasteiger partial charge is 0.481 e. The first kappa shape index (κ1) is 25.8. The number of nitrogens with one attached hydrogen (secondary N) is 2. The van der Waals surface area contributed by atoms with E-state index in [-0.39, 0.29) is 18.4 Å². The molecule has 39 heavy (non-hydrogen) atoms. The van der Waals surface area contributed by atoms with Gasteiger partial charge in [0.25, 0.3) is 0 Å². The van der Waals surface area contributed by atoms with Crippen LogP contribution in [-0.4, -0.2) is 38.9 Å². The molecule has 0 aliphatic heterocycles. The molecule has 0 radical (unpaired) electrons. The van der Waals surface area contributed by atoms with Gasteiger partial charge in [0.2, 0.25) is 0 Å². The van der Waals surface area contributed by atoms with E-state index in [2.05, 4.69) is 39.1 Å². The second-order valence-corrected chi connectivity index (χ2v) is 9.59. The number of aryl methyl sites for hydroxylation is 1. The first-order valence-electron chi connectivity index (χ1n) is 12.8. The van der Waals surface area contributed by atoms with Crippen molar-refractivity contribution in [2.45, 2.75) is 31.2 Å². The minimum absolute atomic E-state index is 0.0490. The fourth-order valence-corrected chi connectivity index (χ4v) is 4.62. The van der Waals surface area contributed by atoms with Crippen LogP contribution < -0.4 is 11.1 Å². The lowest BCUT2D eigenvalue weighted by atomic mass is 9.96. The summed E-state index contributed by atoms with van der Waals surface area (Å²) in [7, 11) is 2.00. The summed E-state index contributed by atoms with van der Waals surface area (Å²) >= 11 is 0. The van der Waals surface area contributed by atoms with Gasteiger partial charge in [0.05, 0.1) is 23.5 Å². The Bertz CT molecular complexity index is 1570. The van der Waals surface area contributed by atoms with E-state index in [0.717, 1.165) is 45.7 Å². The molecule has 1 aromatic heterocycles. The maximum absolute atomic E-state index is 11.6. The average molecular weight is 523 g/mol. The number of carboxylic acids is 1. The number of carbonyl (C=O) groups is 1. The zero-order valence-corrected chi connectivity index (χ0v) is 21.6. The fraction of sp³-hybridized carbons (Fsp3) is 0.233. The highest BCUT2D eigenvalue weighted by Gasteiger charge is 2.32. The van der Waals surface area contributed by atoms with E-state index in [4.69, 9.17) is 21.0 Å². The molecule has 4 aromatic rings. The van der Waals surface area contributed by atoms with Crippen LogP contribution in [0, 0.1) is 5.41 Å². The van der Waals surface area contributed by atoms with Crippen LogP contribution in [0.25, 0.3) is 11.0 Å². The summed E-state index contributed by atoms with van der Waals surface area (Å²) < 4.78 is 2.08. The number of aliphatic carboxylic acids is 1. The van der Waals surface area contributed by atoms with Gasteiger partial charge in [0.15, 0.2) is 0 Å². The number of benzene rings is 3. The number of allylic oxidation sites excluding steroid dienone is 1. The van der Waals surface area contributed by atoms with E-state index < -0.39 is 11.9 Å². The van der Waals surface area contributed by atoms with Crippen molar-refractivity contribution < 1.29 is 14.7 Å². The molecule has 1 saturated carbocycles. The summed E-state index contributed by atoms with van der Waals surface area (Å²) in [4.78, 5) is 21.8. The molecule has 3 aromatic carbocycles. The van der Waals surface area contributed by atoms with Crippen LogP contribution in [0.5, 0.6) is 0 Å². The van der Waals surface area contributed by atoms with Crippen molar-refractivity contribution in [2.24, 2.45) is 17.9 Å². The third-order valence-electron chi connectivity index (χ3n) is 6.98. The molecule has 0 spiro atoms. The second kappa shape index (κ2) is 11.2. The summed E-state index contributed by atoms with van der Waals surface area (Å²) in [5, 5.41) is 24.4. The van der Waals surface area contributed by atoms with E-state index in [1.165, 1.54) is 0 Å². The minimum Gasteiger partial charge on any atom is -0.481 e. The molecule has 1 fully saturated rings. The van der Waals surface area contributed by atoms with Gasteiger partial charge in [-0.25, -0.2) is 4.98 Å². The summed E-state index contributed by atoms with van der Waals surface area (Å²) in [6.07, 6.45) is 1.19. The Morgan fingerprint density at radius 3 is 2.72 bits per heavy atom. The lowest BCUT2D eigenvalue weighted by molar-refractivity contribution is -0.139. The van der Waals surface area contributed by atoms with Crippen molar-refractivity contribution in [1.82, 2.24) is 9.55 Å². The normalized spacial score (nSPS) is 14.9. The van der Waals surface area contributed by atoms with Crippen molar-refractivity contribution in [3.8, 4) is 0 Å². The summed E-state index contributed by atoms with van der Waals surface area (Å²) in [5.74, 6) is 2.68. The van der Waals surface area contributed by atoms with Gasteiger partial charge in [0.1, 0.15) is 18.3 Å². The van der Waals surface area contributed by atoms with Crippen molar-refractivity contribution in [1.29, 1.82) is 5.41 Å². The molecule has 0 bridgehead atoms. The van der Waals surface area contributed by atoms with E-state index in [0.29, 0.717) is 18.5 Å². The lowest BCUT2D eigenvalue weighted by Gasteiger charge is -2.11. The number of amidine groups is 1. The molecule has 2 atom stereocenters. The molecule has 2 unspecified atom stereocenters. The van der Waals surface area contributed by atoms with Crippen LogP contribution in [0.15, 0.2) is 83.5 Å². The first-order valence-corrected chi connectivity index (χ1v) is 12.8. The van der Waals surface area contributed by atoms with Crippen LogP contribution in [0.2, 0.25) is 0 Å². The van der Waals surface area contributed by atoms with Gasteiger partial charge in [-0.3, -0.25) is 10.2 Å². The fourth-order valence-electron chi connectivity index (χ4n) is 4.62. The maximum atomic E-state index is 11.6. The number of nitrogen functional groups attached to an aromatic ring is 1. The van der Waals surface area contributed by atoms with Crippen LogP contribution in [-0.2, 0) is 23.2 Å². The van der Waals surface area contributed by atoms with Crippen molar-refractivity contribution in [3.63, 3.8) is 0 Å². The molecule has 5 N–H and O–H groups in total. The smallest absolute Gasteiger partial charge is 0.311 e. The molecule has 5 rings (SSSR count). The van der Waals surface area contributed by atoms with Crippen LogP contribution in [0.4, 0.5) is 5.69 Å². The third-order valence-corrected chi connectivity index (χ3v) is 6.98. The molecule has 0 amide bonds. The van der Waals surface area contributed by atoms with Crippen molar-refractivity contribution >= 4 is 34.4 Å². The monoisotopic (exact) mass is 522 g/mol. The standard InChI is InChI=1S/C30H30N6O3/c1-36-27-12-9-21(16-26(27)35-28(36)18-33-23-10-7-20(8-11-23)29(31)32)25-15-22(25)17-34-39-14-13-24(30(37)38)19-5-3-2-4-6-19/h2-12,16,24-25,33H,13-15,18H2,1H3,(H3,31,32)(H,37,38). The molecule has 198 valence electrons. The third kappa shape index (κ3) is 6.00. The molecule has 1 aliphatic carbocycles. The number of aromatic nitrogens is 2. The molecule has 1 heterocycles. The van der Waals surface area contributed by atoms with Gasteiger partial charge in [-0.05, 0) is 59.1 Å². The predicted octanol–water partition coefficient (Wildman–Crippen LogP) is 4.74. The van der Waals surface area contributed by atoms with E-state index >= 15 is 0 Å². The predicted molar refractivity (Wildman–Crippen MR) is 151 cm³/mol. The molecule has 1 aliphatic rings. The van der Waals surface area contributed by atoms with Gasteiger partial charge in [-0.2, -0.15) is 0 Å². The van der Waals surface area contributed by atoms with Crippen molar-refractivity contribution in [3.05, 3.63) is 101 Å². The summed E-state index contributed by atoms with van der Waals surface area (Å²) in [6, 6.07) is 22.9. The number of imidazole rings is 1. The number of nitrogens with two attached hydrogens (primary N) is 1. The van der Waals surface area contributed by atoms with E-state index in [1.807, 2.05) is 61.6 Å². The summed E-state index contributed by atoms with van der Waals surface area (Å²) in [5.41, 5.74) is 12.1. The number of rotatable bonds is 11. The zero-order chi connectivity index (χ0) is 27.4. The molecule has 0 saturated heterocycles. The average Bonchev–Trinajstić information content (AvgIpc) is 3.65. The Labute approximate surface area is 226 Å². The van der Waals surface area contributed by atoms with E-state index in [9.17, 15) is 9.90 Å². The summed E-state index contributed by atoms with van der Waals surface area (Å²) in [6.45, 7) is 0.764. The van der Waals surface area contributed by atoms with Gasteiger partial charge in [0, 0.05) is 42.1 Å². The Balaban J connectivity index is 1.18. The van der Waals surface area contributed by atoms with Gasteiger partial charge < -0.3 is 25.6 Å². The first-order chi connectivity index (χ1) is 18.9. The van der Waals surface area contributed by atoms with Gasteiger partial charge >= 0.3 is 5.97 Å². The minimum atomic E-state index is -0.874. The highest BCUT2D eigenvalue weighted by Crippen LogP contribution is 2.45. The molecular weight excluding hydrogens is 492 g/mol. The molecular formula is C30H30N6O3. The lowest BCUT2D eigenvalue weighted by Crippen LogP contribution is -2.13. The second-order valence-electron chi connectivity index (χ2n) is 9.59. The van der Waals surface area contributed by atoms with Crippen LogP contribution in [0.1, 0.15) is 47.2 Å². The topological polar surface area (TPSA) is 139 Å². The Morgan fingerprint density at radius 2 is 2.00 bits per heavy atom. The SMILES string of the molecule is Cn1c(CNc2ccc(C(=N)N)cc2)nc2cc(C3CC3=C=NOCCC(C(=O)O)c3ccccc3)ccc21. The highest BCUT2D eigenvalue weighted by atomic mass is 16.6. The number of hydrogen-bond acceptors (Lipinski definition) is 6. The van der Waals surface area contributed by atoms with Crippen LogP contribution in [0.3, 0.4) is 0 Å². The molecule has 9 heteroatoms. The number of hydrogen-bond donors (Lipinski definition) is 4. The number of carboxylic acid groups (broad SMARTS) is 1. The number of fused-ring (bicyclic) bond motifs is 1.